The molecule has 1 heterocycles. The van der Waals surface area contributed by atoms with Crippen LogP contribution in [-0.4, -0.2) is 29.0 Å². The normalized spacial score (nSPS) is 13.0. The Morgan fingerprint density at radius 2 is 1.95 bits per heavy atom. The van der Waals surface area contributed by atoms with E-state index in [4.69, 9.17) is 0 Å². The number of benzene rings is 1. The van der Waals surface area contributed by atoms with Gasteiger partial charge in [0.2, 0.25) is 0 Å². The molecular weight excluding hydrogens is 294 g/mol. The maximum absolute atomic E-state index is 12.2. The van der Waals surface area contributed by atoms with Crippen molar-refractivity contribution in [2.75, 3.05) is 0 Å². The monoisotopic (exact) mass is 309 g/mol. The van der Waals surface area contributed by atoms with E-state index in [1.54, 1.807) is 48.9 Å². The largest absolute Gasteiger partial charge is 0.480 e. The summed E-state index contributed by atoms with van der Waals surface area (Å²) in [4.78, 5) is 15.2. The van der Waals surface area contributed by atoms with Crippen LogP contribution >= 0.6 is 0 Å². The number of carboxylic acids is 1. The third-order valence-electron chi connectivity index (χ3n) is 3.01. The van der Waals surface area contributed by atoms with Gasteiger partial charge < -0.3 is 9.67 Å². The first-order valence-electron chi connectivity index (χ1n) is 6.11. The fraction of sp³-hybridized carbons (Fsp3) is 0.231. The summed E-state index contributed by atoms with van der Waals surface area (Å²) in [6.07, 6.45) is 1.33. The van der Waals surface area contributed by atoms with E-state index in [0.717, 1.165) is 0 Å². The lowest BCUT2D eigenvalue weighted by molar-refractivity contribution is -0.139. The van der Waals surface area contributed by atoms with Crippen molar-refractivity contribution in [2.45, 2.75) is 18.0 Å². The van der Waals surface area contributed by atoms with Crippen molar-refractivity contribution < 1.29 is 18.3 Å². The third-order valence-corrected chi connectivity index (χ3v) is 4.31. The first-order valence-corrected chi connectivity index (χ1v) is 7.59. The van der Waals surface area contributed by atoms with Gasteiger partial charge in [-0.2, -0.15) is 4.72 Å². The van der Waals surface area contributed by atoms with E-state index < -0.39 is 22.0 Å². The van der Waals surface area contributed by atoms with E-state index in [9.17, 15) is 18.3 Å². The van der Waals surface area contributed by atoms with Crippen LogP contribution in [-0.2, 0) is 21.9 Å². The number of carboxylic acid groups (broad SMARTS) is 1. The second kappa shape index (κ2) is 5.66. The van der Waals surface area contributed by atoms with Gasteiger partial charge in [0, 0.05) is 13.2 Å². The topological polar surface area (TPSA) is 101 Å². The maximum Gasteiger partial charge on any atom is 0.326 e. The lowest BCUT2D eigenvalue weighted by Gasteiger charge is -2.13. The quantitative estimate of drug-likeness (QED) is 0.852. The van der Waals surface area contributed by atoms with Gasteiger partial charge in [-0.1, -0.05) is 30.3 Å². The molecule has 0 amide bonds. The van der Waals surface area contributed by atoms with Crippen LogP contribution in [0.3, 0.4) is 0 Å². The number of aryl methyl sites for hydroxylation is 2. The molecule has 0 bridgehead atoms. The highest BCUT2D eigenvalue weighted by molar-refractivity contribution is 7.89. The Morgan fingerprint density at radius 1 is 1.33 bits per heavy atom. The molecule has 112 valence electrons. The number of nitrogens with one attached hydrogen (secondary N) is 1. The molecule has 2 N–H and O–H groups in total. The van der Waals surface area contributed by atoms with Crippen molar-refractivity contribution >= 4 is 16.0 Å². The van der Waals surface area contributed by atoms with E-state index in [0.29, 0.717) is 11.4 Å². The number of hydrogen-bond acceptors (Lipinski definition) is 4. The zero-order valence-corrected chi connectivity index (χ0v) is 12.3. The summed E-state index contributed by atoms with van der Waals surface area (Å²) in [6.45, 7) is 1.66. The Balaban J connectivity index is 2.35. The highest BCUT2D eigenvalue weighted by Gasteiger charge is 2.28. The molecule has 7 nitrogen and oxygen atoms in total. The minimum absolute atomic E-state index is 0.204. The molecule has 21 heavy (non-hydrogen) atoms. The van der Waals surface area contributed by atoms with Crippen LogP contribution in [0.2, 0.25) is 0 Å². The number of sulfonamides is 1. The minimum atomic E-state index is -4.02. The SMILES string of the molecule is Cc1nc(S(=O)(=O)N[C@@H](C(=O)O)c2ccccc2)cn1C. The van der Waals surface area contributed by atoms with Crippen molar-refractivity contribution in [1.82, 2.24) is 14.3 Å². The molecule has 8 heteroatoms. The zero-order valence-electron chi connectivity index (χ0n) is 11.5. The van der Waals surface area contributed by atoms with E-state index >= 15 is 0 Å². The van der Waals surface area contributed by atoms with E-state index in [1.165, 1.54) is 6.20 Å². The van der Waals surface area contributed by atoms with E-state index in [2.05, 4.69) is 9.71 Å². The number of hydrogen-bond donors (Lipinski definition) is 2. The van der Waals surface area contributed by atoms with Gasteiger partial charge in [-0.3, -0.25) is 4.79 Å². The summed E-state index contributed by atoms with van der Waals surface area (Å²) in [6, 6.07) is 6.74. The molecule has 2 aromatic rings. The van der Waals surface area contributed by atoms with Crippen molar-refractivity contribution in [1.29, 1.82) is 0 Å². The maximum atomic E-state index is 12.2. The average Bonchev–Trinajstić information content (AvgIpc) is 2.78. The molecule has 0 radical (unpaired) electrons. The number of aliphatic carboxylic acids is 1. The summed E-state index contributed by atoms with van der Waals surface area (Å²) in [5.41, 5.74) is 0.348. The Bertz CT molecular complexity index is 733. The highest BCUT2D eigenvalue weighted by atomic mass is 32.2. The lowest BCUT2D eigenvalue weighted by atomic mass is 10.1. The standard InChI is InChI=1S/C13H15N3O4S/c1-9-14-11(8-16(9)2)21(19,20)15-12(13(17)18)10-6-4-3-5-7-10/h3-8,12,15H,1-2H3,(H,17,18)/t12-/m1/s1. The summed E-state index contributed by atoms with van der Waals surface area (Å²) in [7, 11) is -2.36. The molecule has 0 unspecified atom stereocenters. The average molecular weight is 309 g/mol. The van der Waals surface area contributed by atoms with Gasteiger partial charge in [0.1, 0.15) is 11.9 Å². The number of nitrogens with zero attached hydrogens (tertiary/aromatic N) is 2. The van der Waals surface area contributed by atoms with Crippen molar-refractivity contribution in [3.63, 3.8) is 0 Å². The van der Waals surface area contributed by atoms with Crippen LogP contribution < -0.4 is 4.72 Å². The number of carbonyl (C=O) groups is 1. The Morgan fingerprint density at radius 3 is 2.43 bits per heavy atom. The van der Waals surface area contributed by atoms with Crippen molar-refractivity contribution in [2.24, 2.45) is 7.05 Å². The van der Waals surface area contributed by atoms with Crippen LogP contribution in [0, 0.1) is 6.92 Å². The molecule has 0 spiro atoms. The van der Waals surface area contributed by atoms with Crippen LogP contribution in [0.1, 0.15) is 17.4 Å². The summed E-state index contributed by atoms with van der Waals surface area (Å²) in [5.74, 6) is -0.764. The van der Waals surface area contributed by atoms with Crippen LogP contribution in [0.15, 0.2) is 41.6 Å². The summed E-state index contributed by atoms with van der Waals surface area (Å²) < 4.78 is 28.2. The summed E-state index contributed by atoms with van der Waals surface area (Å²) in [5, 5.41) is 9.04. The minimum Gasteiger partial charge on any atom is -0.480 e. The summed E-state index contributed by atoms with van der Waals surface area (Å²) >= 11 is 0. The first-order chi connectivity index (χ1) is 9.81. The molecule has 0 aliphatic heterocycles. The van der Waals surface area contributed by atoms with E-state index in [-0.39, 0.29) is 5.03 Å². The molecule has 0 aliphatic carbocycles. The Kier molecular flexibility index (Phi) is 4.10. The lowest BCUT2D eigenvalue weighted by Crippen LogP contribution is -2.34. The van der Waals surface area contributed by atoms with E-state index in [1.807, 2.05) is 0 Å². The Hall–Kier alpha value is -2.19. The smallest absolute Gasteiger partial charge is 0.326 e. The van der Waals surface area contributed by atoms with Gasteiger partial charge in [-0.05, 0) is 12.5 Å². The second-order valence-corrected chi connectivity index (χ2v) is 6.20. The molecule has 2 rings (SSSR count). The van der Waals surface area contributed by atoms with Crippen LogP contribution in [0.4, 0.5) is 0 Å². The molecule has 1 aromatic carbocycles. The highest BCUT2D eigenvalue weighted by Crippen LogP contribution is 2.17. The zero-order chi connectivity index (χ0) is 15.6. The number of rotatable bonds is 5. The Labute approximate surface area is 122 Å². The fourth-order valence-corrected chi connectivity index (χ4v) is 2.99. The molecule has 0 saturated carbocycles. The predicted octanol–water partition coefficient (Wildman–Crippen LogP) is 0.833. The van der Waals surface area contributed by atoms with Crippen molar-refractivity contribution in [3.05, 3.63) is 47.9 Å². The predicted molar refractivity (Wildman–Crippen MR) is 75.1 cm³/mol. The van der Waals surface area contributed by atoms with Gasteiger partial charge in [-0.25, -0.2) is 13.4 Å². The van der Waals surface area contributed by atoms with Crippen LogP contribution in [0.25, 0.3) is 0 Å². The van der Waals surface area contributed by atoms with Crippen LogP contribution in [0.5, 0.6) is 0 Å². The number of imidazole rings is 1. The first kappa shape index (κ1) is 15.2. The second-order valence-electron chi connectivity index (χ2n) is 4.54. The fourth-order valence-electron chi connectivity index (χ4n) is 1.78. The van der Waals surface area contributed by atoms with Gasteiger partial charge in [0.05, 0.1) is 0 Å². The molecule has 1 aromatic heterocycles. The van der Waals surface area contributed by atoms with Gasteiger partial charge >= 0.3 is 5.97 Å². The molecule has 0 saturated heterocycles. The molecule has 1 atom stereocenters. The van der Waals surface area contributed by atoms with Gasteiger partial charge in [0.15, 0.2) is 5.03 Å². The van der Waals surface area contributed by atoms with Crippen molar-refractivity contribution in [3.8, 4) is 0 Å². The third kappa shape index (κ3) is 3.29. The number of aromatic nitrogens is 2. The molecule has 0 aliphatic rings. The van der Waals surface area contributed by atoms with Gasteiger partial charge in [-0.15, -0.1) is 0 Å². The molecule has 0 fully saturated rings. The molecular formula is C13H15N3O4S. The van der Waals surface area contributed by atoms with Gasteiger partial charge in [0.25, 0.3) is 10.0 Å².